The monoisotopic (exact) mass is 288 g/mol. The van der Waals surface area contributed by atoms with Crippen molar-refractivity contribution in [3.05, 3.63) is 34.3 Å². The molecule has 1 rings (SSSR count). The van der Waals surface area contributed by atoms with Crippen molar-refractivity contribution in [2.45, 2.75) is 12.0 Å². The average molecular weight is 289 g/mol. The summed E-state index contributed by atoms with van der Waals surface area (Å²) in [6, 6.07) is 6.54. The zero-order valence-corrected chi connectivity index (χ0v) is 10.4. The van der Waals surface area contributed by atoms with Crippen LogP contribution in [0.3, 0.4) is 0 Å². The minimum atomic E-state index is -1.89. The predicted octanol–water partition coefficient (Wildman–Crippen LogP) is 1.76. The molecule has 0 spiro atoms. The Labute approximate surface area is 102 Å². The van der Waals surface area contributed by atoms with E-state index in [1.807, 2.05) is 0 Å². The number of aliphatic hydroxyl groups is 1. The topological polar surface area (TPSA) is 66.8 Å². The third-order valence-electron chi connectivity index (χ3n) is 2.34. The second-order valence-corrected chi connectivity index (χ2v) is 4.33. The molecule has 0 fully saturated rings. The van der Waals surface area contributed by atoms with E-state index < -0.39 is 11.6 Å². The highest BCUT2D eigenvalue weighted by atomic mass is 79.9. The molecule has 0 aliphatic rings. The van der Waals surface area contributed by atoms with Gasteiger partial charge in [0.15, 0.2) is 5.60 Å². The van der Waals surface area contributed by atoms with E-state index >= 15 is 0 Å². The van der Waals surface area contributed by atoms with Crippen LogP contribution in [0, 0.1) is 0 Å². The number of aliphatic carboxylic acids is 1. The van der Waals surface area contributed by atoms with Gasteiger partial charge in [0.05, 0.1) is 0 Å². The van der Waals surface area contributed by atoms with E-state index in [0.29, 0.717) is 5.56 Å². The van der Waals surface area contributed by atoms with Gasteiger partial charge in [0, 0.05) is 24.6 Å². The smallest absolute Gasteiger partial charge is 0.340 e. The Morgan fingerprint density at radius 1 is 1.44 bits per heavy atom. The molecule has 4 nitrogen and oxygen atoms in total. The summed E-state index contributed by atoms with van der Waals surface area (Å²) in [5, 5.41) is 19.2. The van der Waals surface area contributed by atoms with Crippen LogP contribution >= 0.6 is 15.9 Å². The second-order valence-electron chi connectivity index (χ2n) is 3.42. The van der Waals surface area contributed by atoms with Crippen LogP contribution in [0.1, 0.15) is 12.0 Å². The van der Waals surface area contributed by atoms with Crippen molar-refractivity contribution >= 4 is 21.9 Å². The third-order valence-corrected chi connectivity index (χ3v) is 2.87. The maximum absolute atomic E-state index is 11.1. The van der Waals surface area contributed by atoms with Crippen LogP contribution in [0.4, 0.5) is 0 Å². The Kier molecular flexibility index (Phi) is 4.46. The fourth-order valence-electron chi connectivity index (χ4n) is 1.35. The summed E-state index contributed by atoms with van der Waals surface area (Å²) >= 11 is 3.25. The molecule has 2 N–H and O–H groups in total. The summed E-state index contributed by atoms with van der Waals surface area (Å²) in [4.78, 5) is 11.1. The highest BCUT2D eigenvalue weighted by Crippen LogP contribution is 2.26. The first-order valence-electron chi connectivity index (χ1n) is 4.71. The van der Waals surface area contributed by atoms with Crippen LogP contribution in [0.15, 0.2) is 28.7 Å². The van der Waals surface area contributed by atoms with E-state index in [1.165, 1.54) is 7.11 Å². The lowest BCUT2D eigenvalue weighted by atomic mass is 9.91. The number of benzene rings is 1. The molecular weight excluding hydrogens is 276 g/mol. The highest BCUT2D eigenvalue weighted by Gasteiger charge is 2.37. The largest absolute Gasteiger partial charge is 0.479 e. The average Bonchev–Trinajstić information content (AvgIpc) is 2.26. The fourth-order valence-corrected chi connectivity index (χ4v) is 1.61. The maximum Gasteiger partial charge on any atom is 0.340 e. The number of carbonyl (C=O) groups is 1. The molecule has 0 aliphatic heterocycles. The number of carboxylic acids is 1. The van der Waals surface area contributed by atoms with Crippen molar-refractivity contribution < 1.29 is 19.7 Å². The lowest BCUT2D eigenvalue weighted by Gasteiger charge is -2.23. The highest BCUT2D eigenvalue weighted by molar-refractivity contribution is 9.10. The van der Waals surface area contributed by atoms with Gasteiger partial charge in [0.1, 0.15) is 0 Å². The number of hydrogen-bond acceptors (Lipinski definition) is 3. The fraction of sp³-hybridized carbons (Fsp3) is 0.364. The first kappa shape index (κ1) is 13.2. The van der Waals surface area contributed by atoms with Crippen LogP contribution in [-0.4, -0.2) is 29.9 Å². The quantitative estimate of drug-likeness (QED) is 0.866. The molecule has 16 heavy (non-hydrogen) atoms. The van der Waals surface area contributed by atoms with E-state index in [0.717, 1.165) is 4.47 Å². The number of carboxylic acid groups (broad SMARTS) is 1. The van der Waals surface area contributed by atoms with E-state index in [9.17, 15) is 9.90 Å². The van der Waals surface area contributed by atoms with Crippen LogP contribution in [0.2, 0.25) is 0 Å². The molecule has 0 saturated carbocycles. The van der Waals surface area contributed by atoms with Crippen molar-refractivity contribution in [1.82, 2.24) is 0 Å². The minimum absolute atomic E-state index is 0.0144. The summed E-state index contributed by atoms with van der Waals surface area (Å²) in [5.41, 5.74) is -1.54. The Morgan fingerprint density at radius 3 is 2.44 bits per heavy atom. The minimum Gasteiger partial charge on any atom is -0.479 e. The number of rotatable bonds is 5. The van der Waals surface area contributed by atoms with Gasteiger partial charge in [-0.15, -0.1) is 0 Å². The van der Waals surface area contributed by atoms with Gasteiger partial charge in [-0.05, 0) is 17.7 Å². The zero-order chi connectivity index (χ0) is 12.2. The van der Waals surface area contributed by atoms with Crippen LogP contribution in [-0.2, 0) is 15.1 Å². The van der Waals surface area contributed by atoms with Gasteiger partial charge in [-0.25, -0.2) is 4.79 Å². The van der Waals surface area contributed by atoms with Crippen LogP contribution in [0.5, 0.6) is 0 Å². The summed E-state index contributed by atoms with van der Waals surface area (Å²) in [7, 11) is 1.46. The molecule has 0 heterocycles. The van der Waals surface area contributed by atoms with Crippen LogP contribution < -0.4 is 0 Å². The van der Waals surface area contributed by atoms with Gasteiger partial charge in [-0.2, -0.15) is 0 Å². The molecule has 0 bridgehead atoms. The van der Waals surface area contributed by atoms with E-state index in [4.69, 9.17) is 9.84 Å². The van der Waals surface area contributed by atoms with Crippen molar-refractivity contribution in [1.29, 1.82) is 0 Å². The maximum atomic E-state index is 11.1. The van der Waals surface area contributed by atoms with Gasteiger partial charge in [-0.3, -0.25) is 0 Å². The molecule has 0 saturated heterocycles. The van der Waals surface area contributed by atoms with Crippen molar-refractivity contribution in [3.63, 3.8) is 0 Å². The number of methoxy groups -OCH3 is 1. The normalized spacial score (nSPS) is 14.4. The molecule has 1 atom stereocenters. The van der Waals surface area contributed by atoms with Gasteiger partial charge in [-0.1, -0.05) is 28.1 Å². The van der Waals surface area contributed by atoms with Gasteiger partial charge in [0.2, 0.25) is 0 Å². The lowest BCUT2D eigenvalue weighted by molar-refractivity contribution is -0.161. The lowest BCUT2D eigenvalue weighted by Crippen LogP contribution is -2.36. The summed E-state index contributed by atoms with van der Waals surface area (Å²) in [6.07, 6.45) is 0.0144. The molecule has 0 aromatic heterocycles. The predicted molar refractivity (Wildman–Crippen MR) is 62.2 cm³/mol. The first-order valence-corrected chi connectivity index (χ1v) is 5.51. The van der Waals surface area contributed by atoms with Gasteiger partial charge < -0.3 is 14.9 Å². The molecule has 1 aromatic rings. The van der Waals surface area contributed by atoms with E-state index in [1.54, 1.807) is 24.3 Å². The van der Waals surface area contributed by atoms with Crippen molar-refractivity contribution in [3.8, 4) is 0 Å². The van der Waals surface area contributed by atoms with Crippen LogP contribution in [0.25, 0.3) is 0 Å². The molecule has 88 valence electrons. The number of hydrogen-bond donors (Lipinski definition) is 2. The summed E-state index contributed by atoms with van der Waals surface area (Å²) in [6.45, 7) is 0.179. The van der Waals surface area contributed by atoms with E-state index in [-0.39, 0.29) is 13.0 Å². The van der Waals surface area contributed by atoms with Crippen molar-refractivity contribution in [2.75, 3.05) is 13.7 Å². The Bertz CT molecular complexity index is 363. The number of ether oxygens (including phenoxy) is 1. The Balaban J connectivity index is 3.01. The Morgan fingerprint density at radius 2 is 2.00 bits per heavy atom. The Hall–Kier alpha value is -0.910. The summed E-state index contributed by atoms with van der Waals surface area (Å²) in [5.74, 6) is -1.27. The summed E-state index contributed by atoms with van der Waals surface area (Å²) < 4.78 is 5.63. The van der Waals surface area contributed by atoms with Gasteiger partial charge >= 0.3 is 5.97 Å². The zero-order valence-electron chi connectivity index (χ0n) is 8.81. The first-order chi connectivity index (χ1) is 7.50. The van der Waals surface area contributed by atoms with Gasteiger partial charge in [0.25, 0.3) is 0 Å². The molecule has 0 aliphatic carbocycles. The molecule has 0 amide bonds. The molecular formula is C11H13BrO4. The molecule has 0 radical (unpaired) electrons. The third kappa shape index (κ3) is 2.81. The van der Waals surface area contributed by atoms with Crippen molar-refractivity contribution in [2.24, 2.45) is 0 Å². The standard InChI is InChI=1S/C11H13BrO4/c1-16-7-6-11(15,10(13)14)8-2-4-9(12)5-3-8/h2-5,15H,6-7H2,1H3,(H,13,14). The van der Waals surface area contributed by atoms with E-state index in [2.05, 4.69) is 15.9 Å². The SMILES string of the molecule is COCCC(O)(C(=O)O)c1ccc(Br)cc1. The molecule has 1 aromatic carbocycles. The number of halogens is 1. The molecule has 5 heteroatoms. The molecule has 1 unspecified atom stereocenters. The second kappa shape index (κ2) is 5.43.